The summed E-state index contributed by atoms with van der Waals surface area (Å²) in [6, 6.07) is 5.18. The lowest BCUT2D eigenvalue weighted by Gasteiger charge is -2.12. The van der Waals surface area contributed by atoms with Gasteiger partial charge in [0.1, 0.15) is 7.85 Å². The SMILES string of the molecule is [B]c1ccc2c(c1)C=NOB2O. The minimum Gasteiger partial charge on any atom is -0.427 e. The zero-order valence-electron chi connectivity index (χ0n) is 6.27. The van der Waals surface area contributed by atoms with E-state index in [1.165, 1.54) is 6.21 Å². The average molecular weight is 157 g/mol. The third-order valence-corrected chi connectivity index (χ3v) is 1.73. The smallest absolute Gasteiger partial charge is 0.427 e. The molecule has 1 N–H and O–H groups in total. The van der Waals surface area contributed by atoms with E-state index in [0.29, 0.717) is 10.9 Å². The molecule has 0 aromatic heterocycles. The van der Waals surface area contributed by atoms with E-state index in [2.05, 4.69) is 9.91 Å². The maximum atomic E-state index is 9.28. The Balaban J connectivity index is 2.55. The molecule has 0 amide bonds. The summed E-state index contributed by atoms with van der Waals surface area (Å²) in [7, 11) is 4.58. The fraction of sp³-hybridized carbons (Fsp3) is 0. The summed E-state index contributed by atoms with van der Waals surface area (Å²) in [4.78, 5) is 0. The standard InChI is InChI=1S/C7H5B2NO2/c8-6-1-2-7-5(3-6)4-10-12-9(7)11/h1-4,11H. The van der Waals surface area contributed by atoms with Crippen molar-refractivity contribution in [2.24, 2.45) is 5.16 Å². The lowest BCUT2D eigenvalue weighted by atomic mass is 9.74. The van der Waals surface area contributed by atoms with E-state index in [1.807, 2.05) is 0 Å². The Morgan fingerprint density at radius 3 is 3.17 bits per heavy atom. The second-order valence-corrected chi connectivity index (χ2v) is 2.58. The van der Waals surface area contributed by atoms with Crippen LogP contribution in [0, 0.1) is 0 Å². The van der Waals surface area contributed by atoms with E-state index in [9.17, 15) is 5.02 Å². The maximum absolute atomic E-state index is 9.28. The number of rotatable bonds is 0. The van der Waals surface area contributed by atoms with E-state index in [0.717, 1.165) is 5.56 Å². The van der Waals surface area contributed by atoms with Crippen molar-refractivity contribution in [1.82, 2.24) is 0 Å². The summed E-state index contributed by atoms with van der Waals surface area (Å²) in [6.07, 6.45) is 1.53. The molecule has 0 fully saturated rings. The summed E-state index contributed by atoms with van der Waals surface area (Å²) >= 11 is 0. The van der Waals surface area contributed by atoms with Crippen molar-refractivity contribution in [2.75, 3.05) is 0 Å². The summed E-state index contributed by atoms with van der Waals surface area (Å²) in [5.74, 6) is 0. The first-order valence-electron chi connectivity index (χ1n) is 3.54. The fourth-order valence-electron chi connectivity index (χ4n) is 1.13. The minimum absolute atomic E-state index is 0.648. The first kappa shape index (κ1) is 7.43. The van der Waals surface area contributed by atoms with Gasteiger partial charge in [-0.25, -0.2) is 0 Å². The average Bonchev–Trinajstić information content (AvgIpc) is 2.04. The van der Waals surface area contributed by atoms with Crippen molar-refractivity contribution in [3.63, 3.8) is 0 Å². The van der Waals surface area contributed by atoms with Crippen molar-refractivity contribution in [2.45, 2.75) is 0 Å². The van der Waals surface area contributed by atoms with E-state index in [4.69, 9.17) is 7.85 Å². The van der Waals surface area contributed by atoms with Gasteiger partial charge < -0.3 is 9.78 Å². The quantitative estimate of drug-likeness (QED) is 0.467. The van der Waals surface area contributed by atoms with E-state index in [1.54, 1.807) is 18.2 Å². The van der Waals surface area contributed by atoms with Gasteiger partial charge in [0.25, 0.3) is 0 Å². The van der Waals surface area contributed by atoms with E-state index in [-0.39, 0.29) is 0 Å². The molecule has 0 unspecified atom stereocenters. The Labute approximate surface area is 71.6 Å². The molecule has 0 bridgehead atoms. The normalized spacial score (nSPS) is 13.9. The number of oxime groups is 1. The monoisotopic (exact) mass is 157 g/mol. The highest BCUT2D eigenvalue weighted by Crippen LogP contribution is 1.99. The van der Waals surface area contributed by atoms with Gasteiger partial charge in [0, 0.05) is 5.46 Å². The second-order valence-electron chi connectivity index (χ2n) is 2.58. The number of hydrogen-bond acceptors (Lipinski definition) is 3. The van der Waals surface area contributed by atoms with Gasteiger partial charge in [0.15, 0.2) is 0 Å². The largest absolute Gasteiger partial charge is 0.583 e. The summed E-state index contributed by atoms with van der Waals surface area (Å²) < 4.78 is 4.63. The summed E-state index contributed by atoms with van der Waals surface area (Å²) in [5, 5.41) is 12.8. The summed E-state index contributed by atoms with van der Waals surface area (Å²) in [6.45, 7) is 0. The Hall–Kier alpha value is -1.22. The third kappa shape index (κ3) is 1.12. The molecule has 56 valence electrons. The molecular weight excluding hydrogens is 152 g/mol. The maximum Gasteiger partial charge on any atom is 0.583 e. The Bertz CT molecular complexity index is 340. The molecule has 0 atom stereocenters. The molecule has 1 heterocycles. The van der Waals surface area contributed by atoms with Crippen LogP contribution in [0.3, 0.4) is 0 Å². The van der Waals surface area contributed by atoms with Crippen LogP contribution in [0.25, 0.3) is 0 Å². The van der Waals surface area contributed by atoms with Crippen LogP contribution in [0.5, 0.6) is 0 Å². The molecule has 0 aliphatic carbocycles. The molecule has 1 aromatic carbocycles. The Kier molecular flexibility index (Phi) is 1.66. The molecule has 3 nitrogen and oxygen atoms in total. The van der Waals surface area contributed by atoms with Crippen LogP contribution in [-0.4, -0.2) is 26.2 Å². The molecule has 12 heavy (non-hydrogen) atoms. The number of benzene rings is 1. The number of nitrogens with zero attached hydrogens (tertiary/aromatic N) is 1. The van der Waals surface area contributed by atoms with Crippen molar-refractivity contribution in [3.05, 3.63) is 23.8 Å². The van der Waals surface area contributed by atoms with Gasteiger partial charge in [-0.05, 0) is 5.56 Å². The van der Waals surface area contributed by atoms with Gasteiger partial charge in [-0.2, -0.15) is 0 Å². The van der Waals surface area contributed by atoms with Crippen molar-refractivity contribution < 1.29 is 9.78 Å². The molecule has 1 aromatic rings. The zero-order valence-corrected chi connectivity index (χ0v) is 6.27. The molecule has 2 radical (unpaired) electrons. The van der Waals surface area contributed by atoms with Crippen molar-refractivity contribution in [3.8, 4) is 0 Å². The highest BCUT2D eigenvalue weighted by Gasteiger charge is 2.24. The van der Waals surface area contributed by atoms with Crippen LogP contribution in [0.1, 0.15) is 5.56 Å². The van der Waals surface area contributed by atoms with Crippen LogP contribution >= 0.6 is 0 Å². The molecular formula is C7H5B2NO2. The Morgan fingerprint density at radius 2 is 2.33 bits per heavy atom. The molecule has 5 heteroatoms. The number of hydrogen-bond donors (Lipinski definition) is 1. The van der Waals surface area contributed by atoms with Gasteiger partial charge in [-0.1, -0.05) is 23.7 Å². The van der Waals surface area contributed by atoms with Gasteiger partial charge >= 0.3 is 7.12 Å². The highest BCUT2D eigenvalue weighted by molar-refractivity contribution is 6.62. The molecule has 1 aliphatic rings. The zero-order chi connectivity index (χ0) is 8.55. The lowest BCUT2D eigenvalue weighted by Crippen LogP contribution is -2.38. The highest BCUT2D eigenvalue weighted by atomic mass is 16.6. The van der Waals surface area contributed by atoms with Crippen molar-refractivity contribution in [1.29, 1.82) is 0 Å². The van der Waals surface area contributed by atoms with Gasteiger partial charge in [-0.3, -0.25) is 0 Å². The molecule has 0 spiro atoms. The molecule has 0 saturated heterocycles. The number of fused-ring (bicyclic) bond motifs is 1. The summed E-state index contributed by atoms with van der Waals surface area (Å²) in [5.41, 5.74) is 2.14. The molecule has 1 aliphatic heterocycles. The first-order valence-corrected chi connectivity index (χ1v) is 3.54. The molecule has 2 rings (SSSR count). The van der Waals surface area contributed by atoms with E-state index < -0.39 is 7.12 Å². The second kappa shape index (κ2) is 2.68. The predicted octanol–water partition coefficient (Wildman–Crippen LogP) is -1.47. The van der Waals surface area contributed by atoms with Gasteiger partial charge in [0.2, 0.25) is 0 Å². The molecule has 0 saturated carbocycles. The first-order chi connectivity index (χ1) is 5.77. The minimum atomic E-state index is -0.967. The van der Waals surface area contributed by atoms with E-state index >= 15 is 0 Å². The van der Waals surface area contributed by atoms with Crippen LogP contribution in [0.2, 0.25) is 0 Å². The van der Waals surface area contributed by atoms with Gasteiger partial charge in [-0.15, -0.1) is 5.16 Å². The van der Waals surface area contributed by atoms with Gasteiger partial charge in [0.05, 0.1) is 6.21 Å². The van der Waals surface area contributed by atoms with Crippen LogP contribution in [0.15, 0.2) is 23.4 Å². The Morgan fingerprint density at radius 1 is 1.50 bits per heavy atom. The van der Waals surface area contributed by atoms with Crippen LogP contribution in [-0.2, 0) is 4.76 Å². The third-order valence-electron chi connectivity index (χ3n) is 1.73. The lowest BCUT2D eigenvalue weighted by molar-refractivity contribution is 0.286. The van der Waals surface area contributed by atoms with Crippen LogP contribution < -0.4 is 10.9 Å². The predicted molar refractivity (Wildman–Crippen MR) is 48.1 cm³/mol. The van der Waals surface area contributed by atoms with Crippen molar-refractivity contribution >= 4 is 32.1 Å². The fourth-order valence-corrected chi connectivity index (χ4v) is 1.13. The van der Waals surface area contributed by atoms with Crippen LogP contribution in [0.4, 0.5) is 0 Å². The topological polar surface area (TPSA) is 41.8 Å².